The average molecular weight is 451 g/mol. The van der Waals surface area contributed by atoms with Crippen LogP contribution in [0.2, 0.25) is 0 Å². The fourth-order valence-electron chi connectivity index (χ4n) is 2.87. The van der Waals surface area contributed by atoms with Gasteiger partial charge in [0.1, 0.15) is 26.3 Å². The van der Waals surface area contributed by atoms with Crippen molar-refractivity contribution in [1.82, 2.24) is 20.8 Å². The summed E-state index contributed by atoms with van der Waals surface area (Å²) < 4.78 is 5.35. The molecule has 4 rings (SSSR count). The molecule has 2 amide bonds. The summed E-state index contributed by atoms with van der Waals surface area (Å²) in [5.74, 6) is -0.256. The molecule has 2 heterocycles. The number of methoxy groups -OCH3 is 1. The van der Waals surface area contributed by atoms with Gasteiger partial charge < -0.3 is 4.74 Å². The van der Waals surface area contributed by atoms with E-state index in [-0.39, 0.29) is 5.69 Å². The van der Waals surface area contributed by atoms with E-state index in [9.17, 15) is 9.59 Å². The van der Waals surface area contributed by atoms with E-state index in [1.165, 1.54) is 22.7 Å². The molecule has 9 heteroatoms. The van der Waals surface area contributed by atoms with Crippen molar-refractivity contribution in [3.63, 3.8) is 0 Å². The van der Waals surface area contributed by atoms with Gasteiger partial charge in [-0.05, 0) is 19.1 Å². The van der Waals surface area contributed by atoms with Crippen molar-refractivity contribution in [2.45, 2.75) is 6.92 Å². The normalized spacial score (nSPS) is 10.5. The molecule has 0 fully saturated rings. The van der Waals surface area contributed by atoms with Crippen molar-refractivity contribution in [2.75, 3.05) is 7.11 Å². The Labute approximate surface area is 186 Å². The predicted molar refractivity (Wildman–Crippen MR) is 121 cm³/mol. The van der Waals surface area contributed by atoms with E-state index >= 15 is 0 Å². The molecule has 0 bridgehead atoms. The molecule has 0 aliphatic carbocycles. The van der Waals surface area contributed by atoms with Crippen LogP contribution >= 0.6 is 22.7 Å². The Morgan fingerprint density at radius 3 is 2.39 bits per heavy atom. The maximum atomic E-state index is 12.6. The third-order valence-electron chi connectivity index (χ3n) is 4.39. The van der Waals surface area contributed by atoms with Crippen LogP contribution < -0.4 is 15.6 Å². The molecule has 0 unspecified atom stereocenters. The molecule has 31 heavy (non-hydrogen) atoms. The topological polar surface area (TPSA) is 93.2 Å². The highest BCUT2D eigenvalue weighted by atomic mass is 32.1. The summed E-state index contributed by atoms with van der Waals surface area (Å²) >= 11 is 2.59. The van der Waals surface area contributed by atoms with Crippen LogP contribution in [-0.4, -0.2) is 28.9 Å². The lowest BCUT2D eigenvalue weighted by Gasteiger charge is -2.05. The number of nitrogens with one attached hydrogen (secondary N) is 2. The third-order valence-corrected chi connectivity index (χ3v) is 6.47. The van der Waals surface area contributed by atoms with Gasteiger partial charge in [-0.2, -0.15) is 0 Å². The number of rotatable bonds is 5. The molecule has 0 aliphatic rings. The Morgan fingerprint density at radius 2 is 1.61 bits per heavy atom. The van der Waals surface area contributed by atoms with E-state index in [0.717, 1.165) is 16.1 Å². The molecule has 2 N–H and O–H groups in total. The van der Waals surface area contributed by atoms with E-state index in [0.29, 0.717) is 21.3 Å². The molecule has 4 aromatic rings. The van der Waals surface area contributed by atoms with Crippen molar-refractivity contribution < 1.29 is 14.3 Å². The smallest absolute Gasteiger partial charge is 0.289 e. The molecule has 0 aliphatic heterocycles. The largest absolute Gasteiger partial charge is 0.496 e. The van der Waals surface area contributed by atoms with Gasteiger partial charge >= 0.3 is 0 Å². The van der Waals surface area contributed by atoms with Crippen LogP contribution in [0, 0.1) is 6.92 Å². The molecule has 0 spiro atoms. The van der Waals surface area contributed by atoms with Gasteiger partial charge in [-0.25, -0.2) is 9.97 Å². The monoisotopic (exact) mass is 450 g/mol. The zero-order chi connectivity index (χ0) is 21.8. The number of benzene rings is 2. The number of carbonyl (C=O) groups excluding carboxylic acids is 2. The molecular weight excluding hydrogens is 432 g/mol. The van der Waals surface area contributed by atoms with Gasteiger partial charge in [0.2, 0.25) is 0 Å². The molecule has 0 saturated carbocycles. The first-order chi connectivity index (χ1) is 15.1. The first kappa shape index (κ1) is 20.7. The summed E-state index contributed by atoms with van der Waals surface area (Å²) in [4.78, 5) is 34.3. The molecule has 0 radical (unpaired) electrons. The quantitative estimate of drug-likeness (QED) is 0.442. The number of aromatic nitrogens is 2. The lowest BCUT2D eigenvalue weighted by molar-refractivity contribution is 0.0846. The number of aryl methyl sites for hydroxylation is 1. The number of ether oxygens (including phenoxy) is 1. The van der Waals surface area contributed by atoms with E-state index in [4.69, 9.17) is 4.74 Å². The number of carbonyl (C=O) groups is 2. The van der Waals surface area contributed by atoms with Crippen LogP contribution in [0.3, 0.4) is 0 Å². The number of amides is 2. The van der Waals surface area contributed by atoms with Crippen molar-refractivity contribution in [3.05, 3.63) is 76.2 Å². The van der Waals surface area contributed by atoms with Crippen molar-refractivity contribution in [1.29, 1.82) is 0 Å². The lowest BCUT2D eigenvalue weighted by atomic mass is 10.2. The molecule has 2 aromatic heterocycles. The van der Waals surface area contributed by atoms with E-state index in [1.54, 1.807) is 19.4 Å². The Hall–Kier alpha value is -3.56. The fraction of sp³-hybridized carbons (Fsp3) is 0.0909. The molecule has 7 nitrogen and oxygen atoms in total. The average Bonchev–Trinajstić information content (AvgIpc) is 3.45. The van der Waals surface area contributed by atoms with Gasteiger partial charge in [0.05, 0.1) is 18.4 Å². The second-order valence-electron chi connectivity index (χ2n) is 6.45. The maximum Gasteiger partial charge on any atom is 0.289 e. The predicted octanol–water partition coefficient (Wildman–Crippen LogP) is 4.33. The van der Waals surface area contributed by atoms with Crippen LogP contribution in [0.25, 0.3) is 21.1 Å². The number of nitrogens with zero attached hydrogens (tertiary/aromatic N) is 2. The number of hydrogen-bond donors (Lipinski definition) is 2. The van der Waals surface area contributed by atoms with Gasteiger partial charge in [-0.15, -0.1) is 22.7 Å². The highest BCUT2D eigenvalue weighted by Crippen LogP contribution is 2.32. The lowest BCUT2D eigenvalue weighted by Crippen LogP contribution is -2.41. The van der Waals surface area contributed by atoms with E-state index < -0.39 is 11.8 Å². The van der Waals surface area contributed by atoms with Crippen LogP contribution in [0.4, 0.5) is 0 Å². The van der Waals surface area contributed by atoms with Crippen molar-refractivity contribution in [2.24, 2.45) is 0 Å². The highest BCUT2D eigenvalue weighted by molar-refractivity contribution is 7.17. The van der Waals surface area contributed by atoms with Crippen LogP contribution in [0.1, 0.15) is 25.9 Å². The number of hydrogen-bond acceptors (Lipinski definition) is 7. The number of hydrazine groups is 1. The van der Waals surface area contributed by atoms with Gasteiger partial charge in [0, 0.05) is 10.9 Å². The SMILES string of the molecule is COc1ccccc1-c1nc(C(=O)NNC(=O)c2sc(-c3ccccc3)nc2C)cs1. The molecule has 2 aromatic carbocycles. The van der Waals surface area contributed by atoms with Crippen molar-refractivity contribution in [3.8, 4) is 26.9 Å². The Balaban J connectivity index is 1.43. The Bertz CT molecular complexity index is 1230. The van der Waals surface area contributed by atoms with E-state index in [2.05, 4.69) is 20.8 Å². The zero-order valence-corrected chi connectivity index (χ0v) is 18.3. The minimum Gasteiger partial charge on any atom is -0.496 e. The summed E-state index contributed by atoms with van der Waals surface area (Å²) in [6, 6.07) is 17.1. The Kier molecular flexibility index (Phi) is 6.06. The molecule has 0 saturated heterocycles. The first-order valence-corrected chi connectivity index (χ1v) is 11.0. The second kappa shape index (κ2) is 9.07. The number of para-hydroxylation sites is 1. The standard InChI is InChI=1S/C22H18N4O3S2/c1-13-18(31-21(23-13)14-8-4-3-5-9-14)20(28)26-25-19(27)16-12-30-22(24-16)15-10-6-7-11-17(15)29-2/h3-12H,1-2H3,(H,25,27)(H,26,28). The fourth-order valence-corrected chi connectivity index (χ4v) is 4.67. The van der Waals surface area contributed by atoms with Gasteiger partial charge in [0.25, 0.3) is 11.8 Å². The maximum absolute atomic E-state index is 12.6. The summed E-state index contributed by atoms with van der Waals surface area (Å²) in [7, 11) is 1.58. The number of thiazole rings is 2. The molecule has 156 valence electrons. The summed E-state index contributed by atoms with van der Waals surface area (Å²) in [6.45, 7) is 1.76. The van der Waals surface area contributed by atoms with E-state index in [1.807, 2.05) is 54.6 Å². The second-order valence-corrected chi connectivity index (χ2v) is 8.30. The molecule has 0 atom stereocenters. The van der Waals surface area contributed by atoms with Crippen molar-refractivity contribution >= 4 is 34.5 Å². The van der Waals surface area contributed by atoms with Gasteiger partial charge in [-0.1, -0.05) is 42.5 Å². The van der Waals surface area contributed by atoms with Gasteiger partial charge in [-0.3, -0.25) is 20.4 Å². The van der Waals surface area contributed by atoms with Crippen LogP contribution in [0.15, 0.2) is 60.0 Å². The van der Waals surface area contributed by atoms with Crippen LogP contribution in [-0.2, 0) is 0 Å². The third kappa shape index (κ3) is 4.47. The van der Waals surface area contributed by atoms with Gasteiger partial charge in [0.15, 0.2) is 0 Å². The van der Waals surface area contributed by atoms with Crippen LogP contribution in [0.5, 0.6) is 5.75 Å². The Morgan fingerprint density at radius 1 is 0.903 bits per heavy atom. The first-order valence-electron chi connectivity index (χ1n) is 9.29. The summed E-state index contributed by atoms with van der Waals surface area (Å²) in [5, 5.41) is 3.03. The summed E-state index contributed by atoms with van der Waals surface area (Å²) in [5.41, 5.74) is 7.41. The minimum atomic E-state index is -0.504. The summed E-state index contributed by atoms with van der Waals surface area (Å²) in [6.07, 6.45) is 0. The minimum absolute atomic E-state index is 0.206. The zero-order valence-electron chi connectivity index (χ0n) is 16.7. The highest BCUT2D eigenvalue weighted by Gasteiger charge is 2.18. The molecular formula is C22H18N4O3S2.